The van der Waals surface area contributed by atoms with Gasteiger partial charge >= 0.3 is 5.97 Å². The molecule has 3 N–H and O–H groups in total. The Labute approximate surface area is 321 Å². The molecule has 2 unspecified atom stereocenters. The summed E-state index contributed by atoms with van der Waals surface area (Å²) in [5.74, 6) is 0.578. The summed E-state index contributed by atoms with van der Waals surface area (Å²) in [6.45, 7) is -0.116. The van der Waals surface area contributed by atoms with E-state index in [1.54, 1.807) is 49.5 Å². The van der Waals surface area contributed by atoms with Gasteiger partial charge in [0.25, 0.3) is 5.91 Å². The van der Waals surface area contributed by atoms with Gasteiger partial charge in [0.1, 0.15) is 23.9 Å². The third kappa shape index (κ3) is 7.66. The average Bonchev–Trinajstić information content (AvgIpc) is 3.62. The Kier molecular flexibility index (Phi) is 10.9. The molecule has 55 heavy (non-hydrogen) atoms. The largest absolute Gasteiger partial charge is 0.497 e. The minimum absolute atomic E-state index is 0.0417. The van der Waals surface area contributed by atoms with Crippen LogP contribution in [0.3, 0.4) is 0 Å². The second-order valence-corrected chi connectivity index (χ2v) is 13.4. The van der Waals surface area contributed by atoms with E-state index in [0.717, 1.165) is 34.2 Å². The van der Waals surface area contributed by atoms with Gasteiger partial charge in [-0.05, 0) is 75.2 Å². The van der Waals surface area contributed by atoms with E-state index in [1.165, 1.54) is 18.2 Å². The number of nitrogens with one attached hydrogen (secondary N) is 1. The first-order chi connectivity index (χ1) is 26.8. The van der Waals surface area contributed by atoms with Gasteiger partial charge in [-0.2, -0.15) is 0 Å². The van der Waals surface area contributed by atoms with E-state index < -0.39 is 17.6 Å². The molecule has 0 saturated carbocycles. The third-order valence-corrected chi connectivity index (χ3v) is 10.1. The molecular formula is C46H43N3O6. The van der Waals surface area contributed by atoms with Crippen LogP contribution in [0.5, 0.6) is 17.2 Å². The number of hydrogen-bond acceptors (Lipinski definition) is 8. The second-order valence-electron chi connectivity index (χ2n) is 13.4. The maximum absolute atomic E-state index is 14.5. The lowest BCUT2D eigenvalue weighted by atomic mass is 9.82. The molecule has 1 aliphatic rings. The molecule has 0 saturated heterocycles. The van der Waals surface area contributed by atoms with E-state index in [2.05, 4.69) is 23.6 Å². The topological polar surface area (TPSA) is 112 Å². The van der Waals surface area contributed by atoms with Gasteiger partial charge in [0, 0.05) is 18.7 Å². The maximum atomic E-state index is 14.5. The van der Waals surface area contributed by atoms with Crippen molar-refractivity contribution in [2.75, 3.05) is 27.9 Å². The monoisotopic (exact) mass is 733 g/mol. The number of hydrogen-bond donors (Lipinski definition) is 2. The minimum Gasteiger partial charge on any atom is -0.497 e. The third-order valence-electron chi connectivity index (χ3n) is 10.1. The number of ether oxygens (including phenoxy) is 4. The summed E-state index contributed by atoms with van der Waals surface area (Å²) in [4.78, 5) is 27.5. The van der Waals surface area contributed by atoms with Crippen LogP contribution in [-0.2, 0) is 32.9 Å². The zero-order valence-corrected chi connectivity index (χ0v) is 31.0. The van der Waals surface area contributed by atoms with Gasteiger partial charge in [-0.25, -0.2) is 9.80 Å². The van der Waals surface area contributed by atoms with E-state index in [0.29, 0.717) is 28.4 Å². The molecule has 0 radical (unpaired) electrons. The maximum Gasteiger partial charge on any atom is 0.335 e. The lowest BCUT2D eigenvalue weighted by Crippen LogP contribution is -2.47. The van der Waals surface area contributed by atoms with E-state index >= 15 is 0 Å². The molecule has 0 aliphatic heterocycles. The highest BCUT2D eigenvalue weighted by Gasteiger charge is 2.43. The van der Waals surface area contributed by atoms with Crippen molar-refractivity contribution in [2.45, 2.75) is 24.6 Å². The fraction of sp³-hybridized carbons (Fsp3) is 0.174. The first kappa shape index (κ1) is 36.9. The Bertz CT molecular complexity index is 2280. The van der Waals surface area contributed by atoms with Gasteiger partial charge in [-0.1, -0.05) is 115 Å². The van der Waals surface area contributed by atoms with Gasteiger partial charge in [-0.3, -0.25) is 10.2 Å². The number of para-hydroxylation sites is 1. The van der Waals surface area contributed by atoms with E-state index in [4.69, 9.17) is 24.7 Å². The van der Waals surface area contributed by atoms with Crippen LogP contribution in [0, 0.1) is 0 Å². The van der Waals surface area contributed by atoms with Crippen molar-refractivity contribution >= 4 is 11.9 Å². The molecule has 2 atom stereocenters. The van der Waals surface area contributed by atoms with Crippen molar-refractivity contribution in [3.63, 3.8) is 0 Å². The lowest BCUT2D eigenvalue weighted by molar-refractivity contribution is -0.150. The first-order valence-corrected chi connectivity index (χ1v) is 18.0. The van der Waals surface area contributed by atoms with Crippen LogP contribution in [0.15, 0.2) is 146 Å². The van der Waals surface area contributed by atoms with Gasteiger partial charge in [0.05, 0.1) is 20.3 Å². The van der Waals surface area contributed by atoms with Crippen molar-refractivity contribution in [3.05, 3.63) is 185 Å². The standard InChI is InChI=1S/C46H43N3O6/c1-49(48-43(50)30-54-36-17-8-5-9-18-36)44(31-13-6-4-7-14-31)32-21-23-35(24-22-32)46(47,41-26-25-37(52-2)28-42(41)53-3)45(51)55-29-34-16-12-20-39-38-19-11-10-15-33(38)27-40(34)39/h4-26,28,44H,27,29-30,47H2,1-3H3,(H,48,50). The molecule has 7 rings (SSSR count). The minimum atomic E-state index is -1.77. The molecule has 0 aromatic heterocycles. The fourth-order valence-corrected chi connectivity index (χ4v) is 7.29. The number of fused-ring (bicyclic) bond motifs is 3. The molecule has 0 fully saturated rings. The molecule has 9 nitrogen and oxygen atoms in total. The highest BCUT2D eigenvalue weighted by molar-refractivity contribution is 5.88. The SMILES string of the molecule is COc1ccc(C(N)(C(=O)OCc2cccc3c2Cc2ccccc2-3)c2ccc(C(c3ccccc3)N(C)NC(=O)COc3ccccc3)cc2)c(OC)c1. The first-order valence-electron chi connectivity index (χ1n) is 18.0. The fourth-order valence-electron chi connectivity index (χ4n) is 7.29. The molecular weight excluding hydrogens is 691 g/mol. The highest BCUT2D eigenvalue weighted by atomic mass is 16.5. The molecule has 6 aromatic carbocycles. The molecule has 278 valence electrons. The molecule has 9 heteroatoms. The quantitative estimate of drug-likeness (QED) is 0.0882. The number of amides is 1. The van der Waals surface area contributed by atoms with Gasteiger partial charge < -0.3 is 24.7 Å². The molecule has 1 amide bonds. The summed E-state index contributed by atoms with van der Waals surface area (Å²) in [5, 5.41) is 1.74. The van der Waals surface area contributed by atoms with E-state index in [9.17, 15) is 9.59 Å². The predicted molar refractivity (Wildman–Crippen MR) is 212 cm³/mol. The van der Waals surface area contributed by atoms with Crippen LogP contribution in [0.1, 0.15) is 45.0 Å². The van der Waals surface area contributed by atoms with Crippen molar-refractivity contribution < 1.29 is 28.5 Å². The van der Waals surface area contributed by atoms with Crippen LogP contribution in [-0.4, -0.2) is 44.8 Å². The van der Waals surface area contributed by atoms with Crippen molar-refractivity contribution in [3.8, 4) is 28.4 Å². The number of hydrazine groups is 1. The van der Waals surface area contributed by atoms with Crippen LogP contribution in [0.4, 0.5) is 0 Å². The summed E-state index contributed by atoms with van der Waals surface area (Å²) >= 11 is 0. The summed E-state index contributed by atoms with van der Waals surface area (Å²) < 4.78 is 23.1. The van der Waals surface area contributed by atoms with Crippen LogP contribution in [0.2, 0.25) is 0 Å². The number of esters is 1. The number of nitrogens with zero attached hydrogens (tertiary/aromatic N) is 1. The summed E-state index contributed by atoms with van der Waals surface area (Å²) in [5.41, 5.74) is 16.8. The Hall–Kier alpha value is -6.42. The second kappa shape index (κ2) is 16.3. The smallest absolute Gasteiger partial charge is 0.335 e. The normalized spacial score (nSPS) is 13.2. The summed E-state index contributed by atoms with van der Waals surface area (Å²) in [6.07, 6.45) is 0.762. The predicted octanol–water partition coefficient (Wildman–Crippen LogP) is 7.35. The molecule has 1 aliphatic carbocycles. The summed E-state index contributed by atoms with van der Waals surface area (Å²) in [7, 11) is 4.89. The number of nitrogens with two attached hydrogens (primary N) is 1. The molecule has 0 bridgehead atoms. The van der Waals surface area contributed by atoms with Crippen molar-refractivity contribution in [2.24, 2.45) is 5.73 Å². The Morgan fingerprint density at radius 1 is 0.745 bits per heavy atom. The van der Waals surface area contributed by atoms with E-state index in [1.807, 2.05) is 97.1 Å². The van der Waals surface area contributed by atoms with Crippen LogP contribution < -0.4 is 25.4 Å². The van der Waals surface area contributed by atoms with E-state index in [-0.39, 0.29) is 19.1 Å². The van der Waals surface area contributed by atoms with Gasteiger partial charge in [0.15, 0.2) is 12.1 Å². The Morgan fingerprint density at radius 3 is 2.15 bits per heavy atom. The van der Waals surface area contributed by atoms with Crippen molar-refractivity contribution in [1.29, 1.82) is 0 Å². The molecule has 0 heterocycles. The number of carbonyl (C=O) groups is 2. The number of carbonyl (C=O) groups excluding carboxylic acids is 2. The van der Waals surface area contributed by atoms with Crippen molar-refractivity contribution in [1.82, 2.24) is 10.4 Å². The van der Waals surface area contributed by atoms with Crippen LogP contribution >= 0.6 is 0 Å². The highest BCUT2D eigenvalue weighted by Crippen LogP contribution is 2.40. The van der Waals surface area contributed by atoms with Gasteiger partial charge in [0.2, 0.25) is 0 Å². The van der Waals surface area contributed by atoms with Gasteiger partial charge in [-0.15, -0.1) is 0 Å². The Morgan fingerprint density at radius 2 is 1.42 bits per heavy atom. The average molecular weight is 734 g/mol. The lowest BCUT2D eigenvalue weighted by Gasteiger charge is -2.32. The zero-order chi connectivity index (χ0) is 38.4. The van der Waals surface area contributed by atoms with Crippen LogP contribution in [0.25, 0.3) is 11.1 Å². The Balaban J connectivity index is 1.19. The molecule has 0 spiro atoms. The molecule has 6 aromatic rings. The summed E-state index contributed by atoms with van der Waals surface area (Å²) in [6, 6.07) is 45.7. The zero-order valence-electron chi connectivity index (χ0n) is 31.0. The number of benzene rings is 6. The number of rotatable bonds is 14. The number of methoxy groups -OCH3 is 2.